The summed E-state index contributed by atoms with van der Waals surface area (Å²) < 4.78 is 12.8. The van der Waals surface area contributed by atoms with Crippen LogP contribution in [0.2, 0.25) is 0 Å². The Morgan fingerprint density at radius 3 is 2.87 bits per heavy atom. The number of benzene rings is 1. The normalized spacial score (nSPS) is 32.9. The Hall–Kier alpha value is -1.56. The number of aliphatic hydroxyl groups excluding tert-OH is 1. The lowest BCUT2D eigenvalue weighted by Crippen LogP contribution is -2.45. The molecule has 1 aliphatic carbocycles. The maximum atomic E-state index is 10.0. The highest BCUT2D eigenvalue weighted by Crippen LogP contribution is 2.56. The van der Waals surface area contributed by atoms with Crippen molar-refractivity contribution < 1.29 is 24.5 Å². The van der Waals surface area contributed by atoms with Crippen LogP contribution in [0.4, 0.5) is 0 Å². The summed E-state index contributed by atoms with van der Waals surface area (Å²) in [5.41, 5.74) is 2.54. The number of rotatable bonds is 1. The number of aliphatic hydroxyl groups is 1. The molecule has 2 N–H and O–H groups in total. The van der Waals surface area contributed by atoms with E-state index in [0.29, 0.717) is 6.42 Å². The van der Waals surface area contributed by atoms with Crippen molar-refractivity contribution in [2.24, 2.45) is 0 Å². The van der Waals surface area contributed by atoms with Gasteiger partial charge in [-0.15, -0.1) is 0 Å². The summed E-state index contributed by atoms with van der Waals surface area (Å²) in [5.74, 6) is 1.70. The molecule has 2 heterocycles. The lowest BCUT2D eigenvalue weighted by Gasteiger charge is -2.36. The van der Waals surface area contributed by atoms with Crippen LogP contribution in [0.1, 0.15) is 24.0 Å². The van der Waals surface area contributed by atoms with Gasteiger partial charge in [0.1, 0.15) is 12.6 Å². The van der Waals surface area contributed by atoms with Crippen LogP contribution in [0.25, 0.3) is 0 Å². The second-order valence-electron chi connectivity index (χ2n) is 7.51. The zero-order chi connectivity index (χ0) is 15.5. The second kappa shape index (κ2) is 5.23. The molecule has 5 nitrogen and oxygen atoms in total. The number of hydrogen-bond acceptors (Lipinski definition) is 4. The van der Waals surface area contributed by atoms with Gasteiger partial charge in [0.15, 0.2) is 11.5 Å². The largest absolute Gasteiger partial charge is 0.870 e. The number of methoxy groups -OCH3 is 1. The quantitative estimate of drug-likeness (QED) is 0.633. The van der Waals surface area contributed by atoms with E-state index < -0.39 is 6.10 Å². The topological polar surface area (TPSA) is 68.7 Å². The van der Waals surface area contributed by atoms with Crippen molar-refractivity contribution in [1.82, 2.24) is 0 Å². The summed E-state index contributed by atoms with van der Waals surface area (Å²) in [6, 6.07) is 4.21. The van der Waals surface area contributed by atoms with Crippen LogP contribution in [0.3, 0.4) is 0 Å². The Bertz CT molecular complexity index is 655. The number of nitrogens with zero attached hydrogens (tertiary/aromatic N) is 1. The fourth-order valence-electron chi connectivity index (χ4n) is 4.36. The molecule has 0 aromatic heterocycles. The molecule has 2 aliphatic heterocycles. The Balaban J connectivity index is 0.00000156. The minimum atomic E-state index is -0.412. The molecule has 4 rings (SSSR count). The molecule has 1 spiro atoms. The smallest absolute Gasteiger partial charge is 0.166 e. The monoisotopic (exact) mass is 319 g/mol. The van der Waals surface area contributed by atoms with Crippen molar-refractivity contribution >= 4 is 0 Å². The van der Waals surface area contributed by atoms with E-state index in [9.17, 15) is 5.11 Å². The predicted octanol–water partition coefficient (Wildman–Crippen LogP) is 1.82. The van der Waals surface area contributed by atoms with E-state index in [-0.39, 0.29) is 17.0 Å². The molecule has 1 aromatic carbocycles. The van der Waals surface area contributed by atoms with Gasteiger partial charge < -0.3 is 24.5 Å². The van der Waals surface area contributed by atoms with Crippen LogP contribution < -0.4 is 9.47 Å². The van der Waals surface area contributed by atoms with Crippen molar-refractivity contribution in [1.29, 1.82) is 0 Å². The van der Waals surface area contributed by atoms with E-state index >= 15 is 0 Å². The van der Waals surface area contributed by atoms with Gasteiger partial charge in [0, 0.05) is 24.0 Å². The average Bonchev–Trinajstić information content (AvgIpc) is 2.74. The predicted molar refractivity (Wildman–Crippen MR) is 86.1 cm³/mol. The molecule has 5 heteroatoms. The standard InChI is InChI=1S/C18H24NO3.H2O/c1-19(2)9-8-18-7-6-13(20)10-15(18)22-17-14(21-3)5-4-12(11-19)16(17)18;/h4-7,13,15,20H,8-11H2,1-3H3;1H2/q+1;/p-1/t13-,15-,18-;/m0./s1. The summed E-state index contributed by atoms with van der Waals surface area (Å²) in [6.45, 7) is 2.09. The van der Waals surface area contributed by atoms with Crippen LogP contribution in [0.5, 0.6) is 11.5 Å². The molecule has 3 aliphatic rings. The molecule has 0 radical (unpaired) electrons. The Morgan fingerprint density at radius 1 is 1.35 bits per heavy atom. The number of ether oxygens (including phenoxy) is 2. The fourth-order valence-corrected chi connectivity index (χ4v) is 4.36. The van der Waals surface area contributed by atoms with Crippen LogP contribution in [0.15, 0.2) is 24.3 Å². The van der Waals surface area contributed by atoms with E-state index in [1.165, 1.54) is 11.1 Å². The molecule has 126 valence electrons. The van der Waals surface area contributed by atoms with E-state index in [1.807, 2.05) is 12.1 Å². The first-order chi connectivity index (χ1) is 10.5. The van der Waals surface area contributed by atoms with Gasteiger partial charge in [-0.2, -0.15) is 0 Å². The highest BCUT2D eigenvalue weighted by Gasteiger charge is 2.54. The highest BCUT2D eigenvalue weighted by atomic mass is 16.5. The van der Waals surface area contributed by atoms with Gasteiger partial charge in [-0.25, -0.2) is 0 Å². The average molecular weight is 319 g/mol. The molecule has 0 fully saturated rings. The molecule has 0 amide bonds. The Labute approximate surface area is 137 Å². The molecule has 0 bridgehead atoms. The maximum Gasteiger partial charge on any atom is 0.166 e. The highest BCUT2D eigenvalue weighted by molar-refractivity contribution is 5.60. The van der Waals surface area contributed by atoms with Gasteiger partial charge in [-0.1, -0.05) is 12.2 Å². The molecule has 1 aromatic rings. The Morgan fingerprint density at radius 2 is 2.13 bits per heavy atom. The third-order valence-electron chi connectivity index (χ3n) is 5.53. The van der Waals surface area contributed by atoms with E-state index in [1.54, 1.807) is 7.11 Å². The third-order valence-corrected chi connectivity index (χ3v) is 5.53. The minimum absolute atomic E-state index is 0. The Kier molecular flexibility index (Phi) is 3.71. The van der Waals surface area contributed by atoms with Gasteiger partial charge in [0.25, 0.3) is 0 Å². The summed E-state index contributed by atoms with van der Waals surface area (Å²) in [4.78, 5) is 0. The van der Waals surface area contributed by atoms with Gasteiger partial charge in [0.05, 0.1) is 39.3 Å². The van der Waals surface area contributed by atoms with Gasteiger partial charge in [-0.05, 0) is 12.1 Å². The van der Waals surface area contributed by atoms with E-state index in [2.05, 4.69) is 26.2 Å². The minimum Gasteiger partial charge on any atom is -0.870 e. The first-order valence-corrected chi connectivity index (χ1v) is 8.02. The van der Waals surface area contributed by atoms with Crippen LogP contribution in [-0.2, 0) is 12.0 Å². The first kappa shape index (κ1) is 16.3. The van der Waals surface area contributed by atoms with Crippen LogP contribution in [0, 0.1) is 0 Å². The van der Waals surface area contributed by atoms with Crippen molar-refractivity contribution in [3.8, 4) is 11.5 Å². The SMILES string of the molecule is COc1ccc2c3c1O[C@H]1C[C@@H](O)C=C[C@@]31CC[N+](C)(C)C2.[OH-]. The molecule has 0 saturated heterocycles. The molecule has 23 heavy (non-hydrogen) atoms. The van der Waals surface area contributed by atoms with Crippen molar-refractivity contribution in [3.05, 3.63) is 35.4 Å². The number of quaternary nitrogens is 1. The van der Waals surface area contributed by atoms with Crippen molar-refractivity contribution in [3.63, 3.8) is 0 Å². The summed E-state index contributed by atoms with van der Waals surface area (Å²) in [6.07, 6.45) is 5.44. The molecule has 0 saturated carbocycles. The van der Waals surface area contributed by atoms with Crippen LogP contribution in [-0.4, -0.2) is 55.0 Å². The lowest BCUT2D eigenvalue weighted by molar-refractivity contribution is -0.903. The fraction of sp³-hybridized carbons (Fsp3) is 0.556. The van der Waals surface area contributed by atoms with E-state index in [0.717, 1.165) is 35.5 Å². The van der Waals surface area contributed by atoms with Gasteiger partial charge >= 0.3 is 0 Å². The summed E-state index contributed by atoms with van der Waals surface area (Å²) in [7, 11) is 6.26. The summed E-state index contributed by atoms with van der Waals surface area (Å²) >= 11 is 0. The van der Waals surface area contributed by atoms with Gasteiger partial charge in [-0.3, -0.25) is 0 Å². The second-order valence-corrected chi connectivity index (χ2v) is 7.51. The third kappa shape index (κ3) is 2.26. The van der Waals surface area contributed by atoms with Crippen molar-refractivity contribution in [2.75, 3.05) is 27.7 Å². The lowest BCUT2D eigenvalue weighted by atomic mass is 9.69. The van der Waals surface area contributed by atoms with Crippen LogP contribution >= 0.6 is 0 Å². The number of hydrogen-bond donors (Lipinski definition) is 1. The molecular formula is C18H25NO4. The van der Waals surface area contributed by atoms with Crippen molar-refractivity contribution in [2.45, 2.75) is 37.0 Å². The molecule has 0 unspecified atom stereocenters. The molecular weight excluding hydrogens is 294 g/mol. The molecule has 3 atom stereocenters. The zero-order valence-corrected chi connectivity index (χ0v) is 14.0. The van der Waals surface area contributed by atoms with Gasteiger partial charge in [0.2, 0.25) is 0 Å². The van der Waals surface area contributed by atoms with E-state index in [4.69, 9.17) is 9.47 Å². The first-order valence-electron chi connectivity index (χ1n) is 8.02. The zero-order valence-electron chi connectivity index (χ0n) is 14.0. The summed E-state index contributed by atoms with van der Waals surface area (Å²) in [5, 5.41) is 10.0. The maximum absolute atomic E-state index is 10.0.